The molecule has 2 atom stereocenters. The third-order valence-electron chi connectivity index (χ3n) is 6.99. The van der Waals surface area contributed by atoms with E-state index in [1.54, 1.807) is 25.3 Å². The van der Waals surface area contributed by atoms with Crippen LogP contribution >= 0.6 is 0 Å². The minimum Gasteiger partial charge on any atom is -0.507 e. The lowest BCUT2D eigenvalue weighted by atomic mass is 9.94. The molecule has 8 nitrogen and oxygen atoms in total. The number of carbonyl (C=O) groups excluding carboxylic acids is 2. The standard InChI is InChI=1S/C31H39NO7/c1-6-37-26-18-21(8-11-25(26)38-15-12-19(2)3)28-27(30(34)31(35)32(28)13-7-14-36-5)29(33)22-9-10-24-23(17-22)16-20(4)39-24/h8-11,17-20,28,33H,6-7,12-16H2,1-5H3. The number of Topliss-reactive ketones (excluding diaryl/α,β-unsaturated/α-hetero) is 1. The van der Waals surface area contributed by atoms with Crippen LogP contribution in [-0.4, -0.2) is 61.3 Å². The first-order valence-corrected chi connectivity index (χ1v) is 13.7. The Bertz CT molecular complexity index is 1240. The van der Waals surface area contributed by atoms with Gasteiger partial charge in [0, 0.05) is 32.2 Å². The van der Waals surface area contributed by atoms with E-state index in [0.29, 0.717) is 67.8 Å². The number of likely N-dealkylation sites (tertiary alicyclic amines) is 1. The molecule has 4 rings (SSSR count). The molecule has 0 aromatic heterocycles. The van der Waals surface area contributed by atoms with Crippen LogP contribution in [0, 0.1) is 5.92 Å². The van der Waals surface area contributed by atoms with Crippen LogP contribution in [0.5, 0.6) is 17.2 Å². The minimum atomic E-state index is -0.783. The van der Waals surface area contributed by atoms with E-state index < -0.39 is 17.7 Å². The summed E-state index contributed by atoms with van der Waals surface area (Å²) in [4.78, 5) is 28.2. The van der Waals surface area contributed by atoms with Gasteiger partial charge in [-0.25, -0.2) is 0 Å². The normalized spacial score (nSPS) is 19.9. The van der Waals surface area contributed by atoms with Gasteiger partial charge in [-0.15, -0.1) is 0 Å². The molecule has 0 aliphatic carbocycles. The molecule has 8 heteroatoms. The third-order valence-corrected chi connectivity index (χ3v) is 6.99. The highest BCUT2D eigenvalue weighted by Gasteiger charge is 2.46. The van der Waals surface area contributed by atoms with Crippen LogP contribution in [0.3, 0.4) is 0 Å². The molecule has 2 aliphatic heterocycles. The number of hydrogen-bond acceptors (Lipinski definition) is 7. The molecule has 210 valence electrons. The highest BCUT2D eigenvalue weighted by molar-refractivity contribution is 6.46. The molecular weight excluding hydrogens is 498 g/mol. The van der Waals surface area contributed by atoms with Crippen LogP contribution in [0.2, 0.25) is 0 Å². The summed E-state index contributed by atoms with van der Waals surface area (Å²) < 4.78 is 22.9. The molecule has 1 saturated heterocycles. The van der Waals surface area contributed by atoms with Gasteiger partial charge in [0.15, 0.2) is 11.5 Å². The van der Waals surface area contributed by atoms with E-state index >= 15 is 0 Å². The number of amides is 1. The van der Waals surface area contributed by atoms with Crippen LogP contribution in [-0.2, 0) is 20.7 Å². The van der Waals surface area contributed by atoms with Crippen molar-refractivity contribution in [2.75, 3.05) is 33.5 Å². The molecular formula is C31H39NO7. The molecule has 2 aromatic carbocycles. The molecule has 0 spiro atoms. The molecule has 1 N–H and O–H groups in total. The lowest BCUT2D eigenvalue weighted by Gasteiger charge is -2.26. The van der Waals surface area contributed by atoms with Gasteiger partial charge in [-0.2, -0.15) is 0 Å². The van der Waals surface area contributed by atoms with Gasteiger partial charge in [-0.05, 0) is 74.1 Å². The first kappa shape index (κ1) is 28.5. The highest BCUT2D eigenvalue weighted by atomic mass is 16.5. The molecule has 2 unspecified atom stereocenters. The lowest BCUT2D eigenvalue weighted by Crippen LogP contribution is -2.31. The quantitative estimate of drug-likeness (QED) is 0.170. The number of methoxy groups -OCH3 is 1. The van der Waals surface area contributed by atoms with Gasteiger partial charge in [-0.3, -0.25) is 9.59 Å². The van der Waals surface area contributed by atoms with Crippen LogP contribution in [0.1, 0.15) is 63.3 Å². The number of carbonyl (C=O) groups is 2. The lowest BCUT2D eigenvalue weighted by molar-refractivity contribution is -0.140. The summed E-state index contributed by atoms with van der Waals surface area (Å²) in [6.07, 6.45) is 2.20. The summed E-state index contributed by atoms with van der Waals surface area (Å²) in [5, 5.41) is 11.5. The second-order valence-electron chi connectivity index (χ2n) is 10.5. The summed E-state index contributed by atoms with van der Waals surface area (Å²) in [5.74, 6) is 0.840. The van der Waals surface area contributed by atoms with Crippen molar-refractivity contribution in [1.29, 1.82) is 0 Å². The topological polar surface area (TPSA) is 94.5 Å². The number of fused-ring (bicyclic) bond motifs is 1. The van der Waals surface area contributed by atoms with Crippen LogP contribution in [0.4, 0.5) is 0 Å². The molecule has 1 amide bonds. The van der Waals surface area contributed by atoms with Crippen molar-refractivity contribution < 1.29 is 33.6 Å². The monoisotopic (exact) mass is 537 g/mol. The Hall–Kier alpha value is -3.52. The fraction of sp³-hybridized carbons (Fsp3) is 0.484. The zero-order valence-corrected chi connectivity index (χ0v) is 23.5. The maximum absolute atomic E-state index is 13.4. The Morgan fingerprint density at radius 1 is 1.10 bits per heavy atom. The maximum Gasteiger partial charge on any atom is 0.295 e. The zero-order chi connectivity index (χ0) is 28.1. The van der Waals surface area contributed by atoms with Gasteiger partial charge < -0.3 is 29.0 Å². The highest BCUT2D eigenvalue weighted by Crippen LogP contribution is 2.43. The van der Waals surface area contributed by atoms with Crippen LogP contribution in [0.25, 0.3) is 5.76 Å². The molecule has 2 aliphatic rings. The first-order chi connectivity index (χ1) is 18.7. The van der Waals surface area contributed by atoms with Crippen molar-refractivity contribution in [3.05, 3.63) is 58.7 Å². The number of benzene rings is 2. The molecule has 2 heterocycles. The Morgan fingerprint density at radius 3 is 2.62 bits per heavy atom. The number of nitrogens with zero attached hydrogens (tertiary/aromatic N) is 1. The van der Waals surface area contributed by atoms with Crippen molar-refractivity contribution >= 4 is 17.4 Å². The smallest absolute Gasteiger partial charge is 0.295 e. The zero-order valence-electron chi connectivity index (χ0n) is 23.5. The number of ether oxygens (including phenoxy) is 4. The summed E-state index contributed by atoms with van der Waals surface area (Å²) in [6.45, 7) is 9.85. The average molecular weight is 538 g/mol. The van der Waals surface area contributed by atoms with E-state index in [0.717, 1.165) is 17.7 Å². The molecule has 2 aromatic rings. The Kier molecular flexibility index (Phi) is 9.17. The van der Waals surface area contributed by atoms with E-state index in [4.69, 9.17) is 18.9 Å². The molecule has 1 fully saturated rings. The molecule has 0 bridgehead atoms. The van der Waals surface area contributed by atoms with Gasteiger partial charge in [-0.1, -0.05) is 19.9 Å². The fourth-order valence-corrected chi connectivity index (χ4v) is 5.05. The van der Waals surface area contributed by atoms with Gasteiger partial charge in [0.25, 0.3) is 11.7 Å². The van der Waals surface area contributed by atoms with E-state index in [1.165, 1.54) is 4.90 Å². The summed E-state index contributed by atoms with van der Waals surface area (Å²) in [7, 11) is 1.59. The van der Waals surface area contributed by atoms with Gasteiger partial charge in [0.2, 0.25) is 0 Å². The Labute approximate surface area is 230 Å². The number of aliphatic hydroxyl groups excluding tert-OH is 1. The van der Waals surface area contributed by atoms with E-state index in [9.17, 15) is 14.7 Å². The maximum atomic E-state index is 13.4. The van der Waals surface area contributed by atoms with Gasteiger partial charge in [0.05, 0.1) is 24.8 Å². The number of ketones is 1. The van der Waals surface area contributed by atoms with Crippen LogP contribution < -0.4 is 14.2 Å². The Morgan fingerprint density at radius 2 is 1.90 bits per heavy atom. The van der Waals surface area contributed by atoms with E-state index in [1.807, 2.05) is 32.0 Å². The summed E-state index contributed by atoms with van der Waals surface area (Å²) in [5.41, 5.74) is 2.15. The minimum absolute atomic E-state index is 0.0435. The number of rotatable bonds is 12. The molecule has 39 heavy (non-hydrogen) atoms. The molecule has 0 saturated carbocycles. The first-order valence-electron chi connectivity index (χ1n) is 13.7. The molecule has 0 radical (unpaired) electrons. The van der Waals surface area contributed by atoms with Crippen molar-refractivity contribution in [1.82, 2.24) is 4.90 Å². The summed E-state index contributed by atoms with van der Waals surface area (Å²) >= 11 is 0. The largest absolute Gasteiger partial charge is 0.507 e. The Balaban J connectivity index is 1.77. The average Bonchev–Trinajstić information content (AvgIpc) is 3.40. The van der Waals surface area contributed by atoms with Crippen LogP contribution in [0.15, 0.2) is 42.0 Å². The SMILES string of the molecule is CCOc1cc(C2C(=C(O)c3ccc4c(c3)CC(C)O4)C(=O)C(=O)N2CCCOC)ccc1OCCC(C)C. The second kappa shape index (κ2) is 12.6. The fourth-order valence-electron chi connectivity index (χ4n) is 5.05. The second-order valence-corrected chi connectivity index (χ2v) is 10.5. The number of aliphatic hydroxyl groups is 1. The van der Waals surface area contributed by atoms with Crippen molar-refractivity contribution in [3.63, 3.8) is 0 Å². The van der Waals surface area contributed by atoms with Gasteiger partial charge >= 0.3 is 0 Å². The third kappa shape index (κ3) is 6.22. The predicted molar refractivity (Wildman–Crippen MR) is 148 cm³/mol. The summed E-state index contributed by atoms with van der Waals surface area (Å²) in [6, 6.07) is 10.0. The van der Waals surface area contributed by atoms with Crippen molar-refractivity contribution in [2.24, 2.45) is 5.92 Å². The number of hydrogen-bond donors (Lipinski definition) is 1. The van der Waals surface area contributed by atoms with Gasteiger partial charge in [0.1, 0.15) is 17.6 Å². The predicted octanol–water partition coefficient (Wildman–Crippen LogP) is 5.29. The van der Waals surface area contributed by atoms with Crippen molar-refractivity contribution in [2.45, 2.75) is 59.1 Å². The van der Waals surface area contributed by atoms with E-state index in [2.05, 4.69) is 13.8 Å². The van der Waals surface area contributed by atoms with Crippen molar-refractivity contribution in [3.8, 4) is 17.2 Å². The van der Waals surface area contributed by atoms with E-state index in [-0.39, 0.29) is 17.4 Å².